The molecule has 0 bridgehead atoms. The maximum absolute atomic E-state index is 11.9. The number of hydrogen-bond donors (Lipinski definition) is 1. The predicted octanol–water partition coefficient (Wildman–Crippen LogP) is 2.72. The van der Waals surface area contributed by atoms with E-state index in [2.05, 4.69) is 10.3 Å². The maximum atomic E-state index is 11.9. The SMILES string of the molecule is O=C(COC(=O)COCc1nc2ccccc2s1)Nc1ccc2c(c1)OCO2. The number of hydrogen-bond acceptors (Lipinski definition) is 8. The molecule has 3 aromatic rings. The molecule has 144 valence electrons. The smallest absolute Gasteiger partial charge is 0.332 e. The van der Waals surface area contributed by atoms with Gasteiger partial charge < -0.3 is 24.3 Å². The molecule has 0 aliphatic carbocycles. The van der Waals surface area contributed by atoms with Crippen LogP contribution in [0.5, 0.6) is 11.5 Å². The number of benzene rings is 2. The van der Waals surface area contributed by atoms with Gasteiger partial charge in [-0.3, -0.25) is 4.79 Å². The number of carbonyl (C=O) groups excluding carboxylic acids is 2. The zero-order valence-electron chi connectivity index (χ0n) is 14.7. The number of ether oxygens (including phenoxy) is 4. The molecule has 1 aliphatic rings. The fourth-order valence-electron chi connectivity index (χ4n) is 2.56. The van der Waals surface area contributed by atoms with Gasteiger partial charge in [0.05, 0.1) is 16.8 Å². The lowest BCUT2D eigenvalue weighted by Crippen LogP contribution is -2.22. The summed E-state index contributed by atoms with van der Waals surface area (Å²) in [7, 11) is 0. The highest BCUT2D eigenvalue weighted by molar-refractivity contribution is 7.18. The van der Waals surface area contributed by atoms with E-state index in [4.69, 9.17) is 18.9 Å². The summed E-state index contributed by atoms with van der Waals surface area (Å²) >= 11 is 1.51. The average Bonchev–Trinajstić information content (AvgIpc) is 3.32. The van der Waals surface area contributed by atoms with Crippen LogP contribution in [0.4, 0.5) is 5.69 Å². The van der Waals surface area contributed by atoms with Gasteiger partial charge in [0, 0.05) is 11.8 Å². The van der Waals surface area contributed by atoms with Crippen molar-refractivity contribution in [1.29, 1.82) is 0 Å². The van der Waals surface area contributed by atoms with Gasteiger partial charge in [-0.1, -0.05) is 12.1 Å². The Morgan fingerprint density at radius 1 is 1.11 bits per heavy atom. The number of nitrogens with one attached hydrogen (secondary N) is 1. The van der Waals surface area contributed by atoms with Crippen molar-refractivity contribution in [3.8, 4) is 11.5 Å². The lowest BCUT2D eigenvalue weighted by molar-refractivity contribution is -0.152. The molecule has 4 rings (SSSR count). The number of esters is 1. The van der Waals surface area contributed by atoms with E-state index in [1.165, 1.54) is 11.3 Å². The van der Waals surface area contributed by atoms with E-state index in [-0.39, 0.29) is 20.0 Å². The van der Waals surface area contributed by atoms with E-state index in [9.17, 15) is 9.59 Å². The summed E-state index contributed by atoms with van der Waals surface area (Å²) < 4.78 is 21.7. The van der Waals surface area contributed by atoms with E-state index in [1.807, 2.05) is 24.3 Å². The molecule has 1 aromatic heterocycles. The molecule has 2 aromatic carbocycles. The zero-order valence-corrected chi connectivity index (χ0v) is 15.5. The molecule has 0 radical (unpaired) electrons. The fourth-order valence-corrected chi connectivity index (χ4v) is 3.47. The number of aromatic nitrogens is 1. The lowest BCUT2D eigenvalue weighted by atomic mass is 10.3. The monoisotopic (exact) mass is 400 g/mol. The number of amides is 1. The topological polar surface area (TPSA) is 96.0 Å². The normalized spacial score (nSPS) is 12.1. The summed E-state index contributed by atoms with van der Waals surface area (Å²) in [4.78, 5) is 28.1. The Morgan fingerprint density at radius 3 is 2.86 bits per heavy atom. The minimum atomic E-state index is -0.623. The number of para-hydroxylation sites is 1. The van der Waals surface area contributed by atoms with Gasteiger partial charge in [0.1, 0.15) is 11.6 Å². The second kappa shape index (κ2) is 8.24. The number of nitrogens with zero attached hydrogens (tertiary/aromatic N) is 1. The number of carbonyl (C=O) groups is 2. The first-order chi connectivity index (χ1) is 13.7. The summed E-state index contributed by atoms with van der Waals surface area (Å²) in [5.41, 5.74) is 1.42. The van der Waals surface area contributed by atoms with Gasteiger partial charge in [-0.15, -0.1) is 11.3 Å². The number of rotatable bonds is 7. The maximum Gasteiger partial charge on any atom is 0.332 e. The van der Waals surface area contributed by atoms with Crippen molar-refractivity contribution in [3.63, 3.8) is 0 Å². The highest BCUT2D eigenvalue weighted by atomic mass is 32.1. The van der Waals surface area contributed by atoms with Crippen molar-refractivity contribution >= 4 is 39.1 Å². The molecule has 1 amide bonds. The van der Waals surface area contributed by atoms with Crippen LogP contribution in [0.3, 0.4) is 0 Å². The van der Waals surface area contributed by atoms with Gasteiger partial charge in [0.25, 0.3) is 5.91 Å². The molecule has 1 N–H and O–H groups in total. The van der Waals surface area contributed by atoms with E-state index in [0.717, 1.165) is 15.2 Å². The highest BCUT2D eigenvalue weighted by Gasteiger charge is 2.15. The van der Waals surface area contributed by atoms with Crippen LogP contribution >= 0.6 is 11.3 Å². The Kier molecular flexibility index (Phi) is 5.36. The second-order valence-electron chi connectivity index (χ2n) is 5.85. The van der Waals surface area contributed by atoms with Crippen molar-refractivity contribution in [2.75, 3.05) is 25.3 Å². The third kappa shape index (κ3) is 4.38. The minimum absolute atomic E-state index is 0.154. The lowest BCUT2D eigenvalue weighted by Gasteiger charge is -2.07. The van der Waals surface area contributed by atoms with E-state index in [1.54, 1.807) is 18.2 Å². The minimum Gasteiger partial charge on any atom is -0.454 e. The summed E-state index contributed by atoms with van der Waals surface area (Å²) in [5.74, 6) is 0.0908. The standard InChI is InChI=1S/C19H16N2O6S/c22-17(20-12-5-6-14-15(7-12)27-11-26-14)8-25-19(23)10-24-9-18-21-13-3-1-2-4-16(13)28-18/h1-7H,8-11H2,(H,20,22). The van der Waals surface area contributed by atoms with Crippen molar-refractivity contribution in [3.05, 3.63) is 47.5 Å². The van der Waals surface area contributed by atoms with Crippen LogP contribution in [0.2, 0.25) is 0 Å². The van der Waals surface area contributed by atoms with Crippen LogP contribution in [-0.2, 0) is 25.7 Å². The summed E-state index contributed by atoms with van der Waals surface area (Å²) in [5, 5.41) is 3.40. The molecule has 9 heteroatoms. The first-order valence-corrected chi connectivity index (χ1v) is 9.26. The zero-order chi connectivity index (χ0) is 19.3. The Balaban J connectivity index is 1.18. The third-order valence-corrected chi connectivity index (χ3v) is 4.81. The van der Waals surface area contributed by atoms with Crippen LogP contribution in [-0.4, -0.2) is 36.9 Å². The van der Waals surface area contributed by atoms with Gasteiger partial charge in [-0.2, -0.15) is 0 Å². The first kappa shape index (κ1) is 18.2. The number of fused-ring (bicyclic) bond motifs is 2. The highest BCUT2D eigenvalue weighted by Crippen LogP contribution is 2.34. The largest absolute Gasteiger partial charge is 0.454 e. The molecule has 0 spiro atoms. The number of thiazole rings is 1. The van der Waals surface area contributed by atoms with Crippen LogP contribution in [0.15, 0.2) is 42.5 Å². The van der Waals surface area contributed by atoms with Crippen LogP contribution in [0.1, 0.15) is 5.01 Å². The Labute approximate surface area is 164 Å². The molecule has 0 saturated heterocycles. The van der Waals surface area contributed by atoms with E-state index >= 15 is 0 Å². The van der Waals surface area contributed by atoms with Crippen molar-refractivity contribution in [1.82, 2.24) is 4.98 Å². The summed E-state index contributed by atoms with van der Waals surface area (Å²) in [6, 6.07) is 12.8. The third-order valence-electron chi connectivity index (χ3n) is 3.80. The fraction of sp³-hybridized carbons (Fsp3) is 0.211. The van der Waals surface area contributed by atoms with Crippen LogP contribution in [0, 0.1) is 0 Å². The first-order valence-electron chi connectivity index (χ1n) is 8.45. The van der Waals surface area contributed by atoms with Gasteiger partial charge >= 0.3 is 5.97 Å². The Morgan fingerprint density at radius 2 is 1.96 bits per heavy atom. The molecule has 8 nitrogen and oxygen atoms in total. The molecule has 0 unspecified atom stereocenters. The summed E-state index contributed by atoms with van der Waals surface area (Å²) in [6.45, 7) is -0.301. The molecular formula is C19H16N2O6S. The van der Waals surface area contributed by atoms with Gasteiger partial charge in [0.2, 0.25) is 6.79 Å². The van der Waals surface area contributed by atoms with E-state index < -0.39 is 18.5 Å². The van der Waals surface area contributed by atoms with Gasteiger partial charge in [-0.05, 0) is 24.3 Å². The molecule has 0 saturated carbocycles. The summed E-state index contributed by atoms with van der Waals surface area (Å²) in [6.07, 6.45) is 0. The van der Waals surface area contributed by atoms with Gasteiger partial charge in [-0.25, -0.2) is 9.78 Å². The predicted molar refractivity (Wildman–Crippen MR) is 101 cm³/mol. The van der Waals surface area contributed by atoms with Crippen molar-refractivity contribution < 1.29 is 28.5 Å². The van der Waals surface area contributed by atoms with Crippen LogP contribution < -0.4 is 14.8 Å². The molecule has 0 atom stereocenters. The molecule has 1 aliphatic heterocycles. The molecule has 2 heterocycles. The number of anilines is 1. The van der Waals surface area contributed by atoms with Gasteiger partial charge in [0.15, 0.2) is 18.1 Å². The molecule has 28 heavy (non-hydrogen) atoms. The van der Waals surface area contributed by atoms with Crippen molar-refractivity contribution in [2.24, 2.45) is 0 Å². The Bertz CT molecular complexity index is 986. The molecular weight excluding hydrogens is 384 g/mol. The van der Waals surface area contributed by atoms with Crippen LogP contribution in [0.25, 0.3) is 10.2 Å². The second-order valence-corrected chi connectivity index (χ2v) is 6.96. The average molecular weight is 400 g/mol. The quantitative estimate of drug-likeness (QED) is 0.609. The van der Waals surface area contributed by atoms with Crippen molar-refractivity contribution in [2.45, 2.75) is 6.61 Å². The Hall–Kier alpha value is -3.17. The molecule has 0 fully saturated rings. The van der Waals surface area contributed by atoms with E-state index in [0.29, 0.717) is 17.2 Å².